The van der Waals surface area contributed by atoms with Crippen LogP contribution in [0.25, 0.3) is 11.1 Å². The van der Waals surface area contributed by atoms with Crippen LogP contribution in [0.3, 0.4) is 0 Å². The van der Waals surface area contributed by atoms with Crippen LogP contribution in [-0.2, 0) is 11.3 Å². The topological polar surface area (TPSA) is 79.7 Å². The third-order valence-corrected chi connectivity index (χ3v) is 2.74. The van der Waals surface area contributed by atoms with Crippen molar-refractivity contribution in [2.45, 2.75) is 6.61 Å². The van der Waals surface area contributed by atoms with E-state index in [9.17, 15) is 0 Å². The van der Waals surface area contributed by atoms with Gasteiger partial charge in [0, 0.05) is 12.7 Å². The quantitative estimate of drug-likeness (QED) is 0.890. The van der Waals surface area contributed by atoms with Crippen LogP contribution in [0.5, 0.6) is 11.5 Å². The van der Waals surface area contributed by atoms with E-state index >= 15 is 0 Å². The minimum atomic E-state index is 0.231. The second-order valence-corrected chi connectivity index (χ2v) is 3.92. The van der Waals surface area contributed by atoms with E-state index in [1.165, 1.54) is 0 Å². The number of benzene rings is 1. The monoisotopic (exact) mass is 264 g/mol. The van der Waals surface area contributed by atoms with Crippen LogP contribution in [0, 0.1) is 0 Å². The highest BCUT2D eigenvalue weighted by Crippen LogP contribution is 2.41. The molecule has 6 heteroatoms. The molecule has 2 rings (SSSR count). The van der Waals surface area contributed by atoms with Crippen molar-refractivity contribution in [3.63, 3.8) is 0 Å². The molecule has 2 N–H and O–H groups in total. The molecule has 0 amide bonds. The van der Waals surface area contributed by atoms with E-state index in [1.807, 2.05) is 12.1 Å². The first-order valence-electron chi connectivity index (χ1n) is 5.65. The van der Waals surface area contributed by atoms with Crippen molar-refractivity contribution >= 4 is 5.88 Å². The Morgan fingerprint density at radius 3 is 2.47 bits per heavy atom. The number of aromatic nitrogens is 1. The molecule has 0 bridgehead atoms. The van der Waals surface area contributed by atoms with Crippen LogP contribution >= 0.6 is 0 Å². The maximum absolute atomic E-state index is 5.75. The van der Waals surface area contributed by atoms with Crippen LogP contribution in [0.4, 0.5) is 5.88 Å². The lowest BCUT2D eigenvalue weighted by Gasteiger charge is -2.14. The zero-order chi connectivity index (χ0) is 13.8. The molecular formula is C13H16N2O4. The van der Waals surface area contributed by atoms with Crippen LogP contribution in [0.2, 0.25) is 0 Å². The number of hydrogen-bond donors (Lipinski definition) is 1. The number of hydrogen-bond acceptors (Lipinski definition) is 6. The summed E-state index contributed by atoms with van der Waals surface area (Å²) in [7, 11) is 4.78. The lowest BCUT2D eigenvalue weighted by molar-refractivity contribution is 0.184. The highest BCUT2D eigenvalue weighted by atomic mass is 16.5. The van der Waals surface area contributed by atoms with Gasteiger partial charge < -0.3 is 24.5 Å². The van der Waals surface area contributed by atoms with Gasteiger partial charge in [0.15, 0.2) is 11.5 Å². The van der Waals surface area contributed by atoms with Gasteiger partial charge in [0.25, 0.3) is 0 Å². The standard InChI is InChI=1S/C13H16N2O4/c1-16-7-8-4-9(10-6-15-19-13(10)14)12(18-3)11(5-8)17-2/h4-6H,7,14H2,1-3H3. The summed E-state index contributed by atoms with van der Waals surface area (Å²) in [6, 6.07) is 3.77. The van der Waals surface area contributed by atoms with Gasteiger partial charge in [-0.25, -0.2) is 0 Å². The Bertz CT molecular complexity index is 566. The predicted molar refractivity (Wildman–Crippen MR) is 70.2 cm³/mol. The SMILES string of the molecule is COCc1cc(OC)c(OC)c(-c2cnoc2N)c1. The normalized spacial score (nSPS) is 10.5. The highest BCUT2D eigenvalue weighted by Gasteiger charge is 2.18. The van der Waals surface area contributed by atoms with Crippen molar-refractivity contribution in [2.24, 2.45) is 0 Å². The zero-order valence-electron chi connectivity index (χ0n) is 11.1. The molecule has 6 nitrogen and oxygen atoms in total. The average Bonchev–Trinajstić information content (AvgIpc) is 2.84. The molecular weight excluding hydrogens is 248 g/mol. The lowest BCUT2D eigenvalue weighted by atomic mass is 10.0. The van der Waals surface area contributed by atoms with E-state index in [4.69, 9.17) is 24.5 Å². The number of nitrogen functional groups attached to an aromatic ring is 1. The van der Waals surface area contributed by atoms with Gasteiger partial charge >= 0.3 is 0 Å². The van der Waals surface area contributed by atoms with Crippen molar-refractivity contribution in [1.29, 1.82) is 0 Å². The molecule has 0 radical (unpaired) electrons. The minimum Gasteiger partial charge on any atom is -0.493 e. The van der Waals surface area contributed by atoms with Crippen molar-refractivity contribution < 1.29 is 18.7 Å². The van der Waals surface area contributed by atoms with Crippen molar-refractivity contribution in [3.8, 4) is 22.6 Å². The Morgan fingerprint density at radius 2 is 1.95 bits per heavy atom. The Morgan fingerprint density at radius 1 is 1.16 bits per heavy atom. The van der Waals surface area contributed by atoms with E-state index in [1.54, 1.807) is 27.5 Å². The smallest absolute Gasteiger partial charge is 0.230 e. The third-order valence-electron chi connectivity index (χ3n) is 2.74. The first kappa shape index (κ1) is 13.2. The molecule has 0 aliphatic heterocycles. The van der Waals surface area contributed by atoms with Crippen molar-refractivity contribution in [1.82, 2.24) is 5.16 Å². The molecule has 1 heterocycles. The summed E-state index contributed by atoms with van der Waals surface area (Å²) < 4.78 is 20.7. The number of nitrogens with zero attached hydrogens (tertiary/aromatic N) is 1. The second-order valence-electron chi connectivity index (χ2n) is 3.92. The molecule has 1 aromatic heterocycles. The molecule has 0 aliphatic carbocycles. The number of anilines is 1. The van der Waals surface area contributed by atoms with Crippen LogP contribution in [-0.4, -0.2) is 26.5 Å². The van der Waals surface area contributed by atoms with Crippen LogP contribution in [0.1, 0.15) is 5.56 Å². The van der Waals surface area contributed by atoms with E-state index < -0.39 is 0 Å². The Labute approximate surface area is 111 Å². The number of ether oxygens (including phenoxy) is 3. The lowest BCUT2D eigenvalue weighted by Crippen LogP contribution is -1.98. The fourth-order valence-electron chi connectivity index (χ4n) is 1.92. The molecule has 0 unspecified atom stereocenters. The maximum Gasteiger partial charge on any atom is 0.230 e. The predicted octanol–water partition coefficient (Wildman–Crippen LogP) is 2.09. The molecule has 0 saturated carbocycles. The Kier molecular flexibility index (Phi) is 3.91. The number of rotatable bonds is 5. The molecule has 102 valence electrons. The highest BCUT2D eigenvalue weighted by molar-refractivity contribution is 5.80. The fourth-order valence-corrected chi connectivity index (χ4v) is 1.92. The summed E-state index contributed by atoms with van der Waals surface area (Å²) in [6.07, 6.45) is 1.54. The van der Waals surface area contributed by atoms with E-state index in [0.717, 1.165) is 11.1 Å². The first-order chi connectivity index (χ1) is 9.21. The molecule has 0 fully saturated rings. The van der Waals surface area contributed by atoms with E-state index in [0.29, 0.717) is 23.7 Å². The summed E-state index contributed by atoms with van der Waals surface area (Å²) in [5, 5.41) is 3.68. The van der Waals surface area contributed by atoms with Gasteiger partial charge in [0.1, 0.15) is 0 Å². The van der Waals surface area contributed by atoms with E-state index in [-0.39, 0.29) is 5.88 Å². The van der Waals surface area contributed by atoms with Crippen LogP contribution < -0.4 is 15.2 Å². The van der Waals surface area contributed by atoms with Gasteiger partial charge in [-0.1, -0.05) is 5.16 Å². The third kappa shape index (κ3) is 2.48. The first-order valence-corrected chi connectivity index (χ1v) is 5.65. The molecule has 0 spiro atoms. The molecule has 0 aliphatic rings. The summed E-state index contributed by atoms with van der Waals surface area (Å²) in [6.45, 7) is 0.457. The molecule has 1 aromatic carbocycles. The summed E-state index contributed by atoms with van der Waals surface area (Å²) in [5.74, 6) is 1.42. The van der Waals surface area contributed by atoms with Gasteiger partial charge in [-0.2, -0.15) is 0 Å². The Balaban J connectivity index is 2.62. The molecule has 19 heavy (non-hydrogen) atoms. The van der Waals surface area contributed by atoms with E-state index in [2.05, 4.69) is 5.16 Å². The molecule has 0 atom stereocenters. The Hall–Kier alpha value is -2.21. The summed E-state index contributed by atoms with van der Waals surface area (Å²) in [5.41, 5.74) is 8.11. The summed E-state index contributed by atoms with van der Waals surface area (Å²) in [4.78, 5) is 0. The van der Waals surface area contributed by atoms with Crippen molar-refractivity contribution in [3.05, 3.63) is 23.9 Å². The maximum atomic E-state index is 5.75. The summed E-state index contributed by atoms with van der Waals surface area (Å²) >= 11 is 0. The molecule has 0 saturated heterocycles. The number of methoxy groups -OCH3 is 3. The second kappa shape index (κ2) is 5.62. The largest absolute Gasteiger partial charge is 0.493 e. The fraction of sp³-hybridized carbons (Fsp3) is 0.308. The minimum absolute atomic E-state index is 0.231. The van der Waals surface area contributed by atoms with Crippen molar-refractivity contribution in [2.75, 3.05) is 27.1 Å². The van der Waals surface area contributed by atoms with Crippen LogP contribution in [0.15, 0.2) is 22.9 Å². The zero-order valence-corrected chi connectivity index (χ0v) is 11.1. The average molecular weight is 264 g/mol. The van der Waals surface area contributed by atoms with Gasteiger partial charge in [-0.15, -0.1) is 0 Å². The molecule has 2 aromatic rings. The number of nitrogens with two attached hydrogens (primary N) is 1. The van der Waals surface area contributed by atoms with Gasteiger partial charge in [-0.05, 0) is 17.7 Å². The van der Waals surface area contributed by atoms with Gasteiger partial charge in [0.05, 0.1) is 32.6 Å². The van der Waals surface area contributed by atoms with Gasteiger partial charge in [-0.3, -0.25) is 0 Å². The van der Waals surface area contributed by atoms with Gasteiger partial charge in [0.2, 0.25) is 5.88 Å².